The first-order valence-electron chi connectivity index (χ1n) is 2.60. The van der Waals surface area contributed by atoms with Crippen LogP contribution in [0.2, 0.25) is 0 Å². The van der Waals surface area contributed by atoms with Crippen LogP contribution in [-0.2, 0) is 13.8 Å². The molecule has 0 bridgehead atoms. The Labute approximate surface area is 62.3 Å². The molecule has 0 amide bonds. The highest BCUT2D eigenvalue weighted by molar-refractivity contribution is 7.39. The Hall–Kier alpha value is -0.0600. The predicted molar refractivity (Wildman–Crippen MR) is 32.9 cm³/mol. The van der Waals surface area contributed by atoms with Crippen molar-refractivity contribution in [3.05, 3.63) is 0 Å². The highest BCUT2D eigenvalue weighted by Gasteiger charge is 2.44. The summed E-state index contributed by atoms with van der Waals surface area (Å²) >= 11 is 0. The molecule has 7 heteroatoms. The van der Waals surface area contributed by atoms with E-state index in [1.54, 1.807) is 0 Å². The molecule has 68 valence electrons. The molecular weight excluding hydrogens is 184 g/mol. The monoisotopic (exact) mass is 192 g/mol. The summed E-state index contributed by atoms with van der Waals surface area (Å²) in [5.41, 5.74) is 0. The molecule has 2 atom stereocenters. The SMILES string of the molecule is COC([PH](=O)OC)C(F)(F)F. The van der Waals surface area contributed by atoms with Gasteiger partial charge in [-0.3, -0.25) is 4.57 Å². The lowest BCUT2D eigenvalue weighted by atomic mass is 10.7. The third kappa shape index (κ3) is 3.22. The van der Waals surface area contributed by atoms with Gasteiger partial charge in [-0.15, -0.1) is 0 Å². The van der Waals surface area contributed by atoms with E-state index in [0.717, 1.165) is 14.2 Å². The molecule has 0 spiro atoms. The van der Waals surface area contributed by atoms with Crippen LogP contribution in [0.15, 0.2) is 0 Å². The summed E-state index contributed by atoms with van der Waals surface area (Å²) in [7, 11) is -1.40. The molecule has 0 aromatic rings. The molecule has 0 aliphatic heterocycles. The van der Waals surface area contributed by atoms with Crippen molar-refractivity contribution >= 4 is 8.03 Å². The van der Waals surface area contributed by atoms with Gasteiger partial charge in [-0.2, -0.15) is 13.2 Å². The molecule has 11 heavy (non-hydrogen) atoms. The van der Waals surface area contributed by atoms with Crippen LogP contribution in [0.4, 0.5) is 13.2 Å². The van der Waals surface area contributed by atoms with Gasteiger partial charge in [0.15, 0.2) is 0 Å². The topological polar surface area (TPSA) is 35.5 Å². The number of hydrogen-bond acceptors (Lipinski definition) is 3. The molecule has 0 radical (unpaired) electrons. The van der Waals surface area contributed by atoms with Crippen molar-refractivity contribution in [1.82, 2.24) is 0 Å². The van der Waals surface area contributed by atoms with Crippen LogP contribution < -0.4 is 0 Å². The minimum Gasteiger partial charge on any atom is -0.363 e. The summed E-state index contributed by atoms with van der Waals surface area (Å²) in [6.07, 6.45) is -4.62. The summed E-state index contributed by atoms with van der Waals surface area (Å²) in [6, 6.07) is 0. The number of alkyl halides is 3. The largest absolute Gasteiger partial charge is 0.423 e. The van der Waals surface area contributed by atoms with Crippen molar-refractivity contribution in [1.29, 1.82) is 0 Å². The molecule has 3 nitrogen and oxygen atoms in total. The molecule has 0 saturated carbocycles. The first kappa shape index (κ1) is 10.9. The third-order valence-corrected chi connectivity index (χ3v) is 2.34. The summed E-state index contributed by atoms with van der Waals surface area (Å²) < 4.78 is 53.8. The van der Waals surface area contributed by atoms with Crippen molar-refractivity contribution < 1.29 is 27.0 Å². The molecule has 0 heterocycles. The van der Waals surface area contributed by atoms with Gasteiger partial charge < -0.3 is 9.26 Å². The fraction of sp³-hybridized carbons (Fsp3) is 1.00. The standard InChI is InChI=1S/C4H8F3O3P/c1-9-3(4(5,6)7)11(8)10-2/h3,11H,1-2H3. The van der Waals surface area contributed by atoms with Gasteiger partial charge in [0.05, 0.1) is 0 Å². The maximum absolute atomic E-state index is 11.8. The van der Waals surface area contributed by atoms with E-state index >= 15 is 0 Å². The molecule has 0 N–H and O–H groups in total. The van der Waals surface area contributed by atoms with Gasteiger partial charge in [0, 0.05) is 14.2 Å². The van der Waals surface area contributed by atoms with Gasteiger partial charge >= 0.3 is 6.18 Å². The summed E-state index contributed by atoms with van der Waals surface area (Å²) in [5, 5.41) is 0. The Kier molecular flexibility index (Phi) is 4.07. The lowest BCUT2D eigenvalue weighted by Crippen LogP contribution is -2.27. The number of hydrogen-bond donors (Lipinski definition) is 0. The van der Waals surface area contributed by atoms with Crippen molar-refractivity contribution in [3.8, 4) is 0 Å². The zero-order chi connectivity index (χ0) is 9.07. The van der Waals surface area contributed by atoms with Gasteiger partial charge in [-0.25, -0.2) is 0 Å². The van der Waals surface area contributed by atoms with Crippen molar-refractivity contribution in [3.63, 3.8) is 0 Å². The molecule has 0 fully saturated rings. The van der Waals surface area contributed by atoms with Gasteiger partial charge in [0.2, 0.25) is 13.9 Å². The summed E-state index contributed by atoms with van der Waals surface area (Å²) in [6.45, 7) is 0. The van der Waals surface area contributed by atoms with E-state index in [0.29, 0.717) is 0 Å². The highest BCUT2D eigenvalue weighted by atomic mass is 31.1. The first-order chi connectivity index (χ1) is 4.93. The lowest BCUT2D eigenvalue weighted by Gasteiger charge is -2.16. The van der Waals surface area contributed by atoms with Crippen LogP contribution in [0.5, 0.6) is 0 Å². The normalized spacial score (nSPS) is 17.9. The van der Waals surface area contributed by atoms with Crippen LogP contribution in [0, 0.1) is 0 Å². The molecule has 2 unspecified atom stereocenters. The Morgan fingerprint density at radius 1 is 1.36 bits per heavy atom. The second kappa shape index (κ2) is 4.09. The minimum atomic E-state index is -4.62. The number of halogens is 3. The Balaban J connectivity index is 4.29. The number of ether oxygens (including phenoxy) is 1. The number of rotatable bonds is 3. The molecule has 0 aromatic carbocycles. The average Bonchev–Trinajstić information content (AvgIpc) is 1.86. The fourth-order valence-corrected chi connectivity index (χ4v) is 1.14. The van der Waals surface area contributed by atoms with Crippen LogP contribution in [0.1, 0.15) is 0 Å². The summed E-state index contributed by atoms with van der Waals surface area (Å²) in [4.78, 5) is 0. The van der Waals surface area contributed by atoms with E-state index in [1.165, 1.54) is 0 Å². The van der Waals surface area contributed by atoms with E-state index in [1.807, 2.05) is 0 Å². The Morgan fingerprint density at radius 3 is 1.91 bits per heavy atom. The van der Waals surface area contributed by atoms with Gasteiger partial charge in [0.1, 0.15) is 0 Å². The fourth-order valence-electron chi connectivity index (χ4n) is 0.471. The minimum absolute atomic E-state index is 0.833. The molecule has 0 rings (SSSR count). The second-order valence-electron chi connectivity index (χ2n) is 1.68. The van der Waals surface area contributed by atoms with Crippen molar-refractivity contribution in [2.75, 3.05) is 14.2 Å². The van der Waals surface area contributed by atoms with E-state index < -0.39 is 20.0 Å². The zero-order valence-electron chi connectivity index (χ0n) is 5.94. The van der Waals surface area contributed by atoms with E-state index in [4.69, 9.17) is 0 Å². The number of methoxy groups -OCH3 is 1. The Bertz CT molecular complexity index is 146. The van der Waals surface area contributed by atoms with Gasteiger partial charge in [-0.05, 0) is 0 Å². The van der Waals surface area contributed by atoms with E-state index in [9.17, 15) is 17.7 Å². The maximum Gasteiger partial charge on any atom is 0.423 e. The molecule has 0 saturated heterocycles. The first-order valence-corrected chi connectivity index (χ1v) is 4.00. The predicted octanol–water partition coefficient (Wildman–Crippen LogP) is 1.64. The van der Waals surface area contributed by atoms with E-state index in [-0.39, 0.29) is 0 Å². The zero-order valence-corrected chi connectivity index (χ0v) is 6.94. The molecule has 0 aliphatic rings. The van der Waals surface area contributed by atoms with Crippen LogP contribution in [-0.4, -0.2) is 26.2 Å². The quantitative estimate of drug-likeness (QED) is 0.637. The van der Waals surface area contributed by atoms with Gasteiger partial charge in [-0.1, -0.05) is 0 Å². The third-order valence-electron chi connectivity index (χ3n) is 0.948. The van der Waals surface area contributed by atoms with Crippen molar-refractivity contribution in [2.45, 2.75) is 12.0 Å². The average molecular weight is 192 g/mol. The van der Waals surface area contributed by atoms with Crippen LogP contribution in [0.25, 0.3) is 0 Å². The van der Waals surface area contributed by atoms with Crippen LogP contribution in [0.3, 0.4) is 0 Å². The van der Waals surface area contributed by atoms with Gasteiger partial charge in [0.25, 0.3) is 0 Å². The molecule has 0 aliphatic carbocycles. The van der Waals surface area contributed by atoms with E-state index in [2.05, 4.69) is 9.26 Å². The second-order valence-corrected chi connectivity index (χ2v) is 3.25. The lowest BCUT2D eigenvalue weighted by molar-refractivity contribution is -0.186. The Morgan fingerprint density at radius 2 is 1.82 bits per heavy atom. The van der Waals surface area contributed by atoms with Crippen molar-refractivity contribution in [2.24, 2.45) is 0 Å². The maximum atomic E-state index is 11.8. The molecule has 0 aromatic heterocycles. The highest BCUT2D eigenvalue weighted by Crippen LogP contribution is 2.40. The smallest absolute Gasteiger partial charge is 0.363 e. The molecular formula is C4H8F3O3P. The summed E-state index contributed by atoms with van der Waals surface area (Å²) in [5.74, 6) is -2.29. The van der Waals surface area contributed by atoms with Crippen LogP contribution >= 0.6 is 8.03 Å².